The zero-order chi connectivity index (χ0) is 26.5. The van der Waals surface area contributed by atoms with Crippen molar-refractivity contribution in [3.63, 3.8) is 0 Å². The average molecular weight is 529 g/mol. The Bertz CT molecular complexity index is 1760. The van der Waals surface area contributed by atoms with Gasteiger partial charge in [-0.15, -0.1) is 11.3 Å². The van der Waals surface area contributed by atoms with Crippen molar-refractivity contribution in [3.05, 3.63) is 81.4 Å². The minimum atomic E-state index is -4.98. The number of fused-ring (bicyclic) bond motifs is 2. The molecule has 0 amide bonds. The number of aliphatic hydroxyl groups is 1. The number of aromatic amines is 1. The zero-order valence-electron chi connectivity index (χ0n) is 19.5. The molecule has 37 heavy (non-hydrogen) atoms. The van der Waals surface area contributed by atoms with Crippen LogP contribution in [0.5, 0.6) is 11.6 Å². The molecule has 5 rings (SSSR count). The van der Waals surface area contributed by atoms with Gasteiger partial charge in [0.2, 0.25) is 5.88 Å². The standard InChI is InChI=1S/C25H19F3N4O4S/c1-13-19-21(33)31-23(34)32(12-24(2,35)25(26,27)28)22(19)37-20(13)15-4-6-18(30-11-15)36-17-5-3-14-7-8-29-10-16(14)9-17/h3-11,35H,12H2,1-2H3,(H,31,33,34)/t24-/m0/s1. The molecule has 4 aromatic heterocycles. The quantitative estimate of drug-likeness (QED) is 0.340. The number of aromatic nitrogens is 4. The fourth-order valence-electron chi connectivity index (χ4n) is 3.91. The molecule has 190 valence electrons. The Morgan fingerprint density at radius 1 is 1.11 bits per heavy atom. The van der Waals surface area contributed by atoms with E-state index in [0.29, 0.717) is 34.6 Å². The number of hydrogen-bond acceptors (Lipinski definition) is 7. The number of pyridine rings is 2. The lowest BCUT2D eigenvalue weighted by atomic mass is 10.1. The van der Waals surface area contributed by atoms with E-state index in [1.54, 1.807) is 37.5 Å². The van der Waals surface area contributed by atoms with Crippen LogP contribution in [0.25, 0.3) is 31.4 Å². The first kappa shape index (κ1) is 24.7. The molecule has 1 aromatic carbocycles. The summed E-state index contributed by atoms with van der Waals surface area (Å²) in [5.74, 6) is 0.868. The summed E-state index contributed by atoms with van der Waals surface area (Å²) < 4.78 is 46.5. The van der Waals surface area contributed by atoms with Gasteiger partial charge in [0.25, 0.3) is 5.56 Å². The largest absolute Gasteiger partial charge is 0.439 e. The second kappa shape index (κ2) is 8.82. The van der Waals surface area contributed by atoms with Gasteiger partial charge in [0.05, 0.1) is 11.9 Å². The summed E-state index contributed by atoms with van der Waals surface area (Å²) in [7, 11) is 0. The fourth-order valence-corrected chi connectivity index (χ4v) is 5.21. The van der Waals surface area contributed by atoms with Gasteiger partial charge < -0.3 is 9.84 Å². The number of H-pyrrole nitrogens is 1. The van der Waals surface area contributed by atoms with Crippen molar-refractivity contribution in [1.82, 2.24) is 19.5 Å². The van der Waals surface area contributed by atoms with E-state index in [-0.39, 0.29) is 10.2 Å². The molecule has 5 aromatic rings. The third-order valence-electron chi connectivity index (χ3n) is 5.98. The number of benzene rings is 1. The molecule has 12 heteroatoms. The Morgan fingerprint density at radius 3 is 2.59 bits per heavy atom. The van der Waals surface area contributed by atoms with Crippen LogP contribution < -0.4 is 16.0 Å². The van der Waals surface area contributed by atoms with Crippen LogP contribution in [0.1, 0.15) is 12.5 Å². The van der Waals surface area contributed by atoms with Gasteiger partial charge in [-0.2, -0.15) is 13.2 Å². The molecule has 0 aliphatic carbocycles. The van der Waals surface area contributed by atoms with Crippen molar-refractivity contribution >= 4 is 32.3 Å². The smallest absolute Gasteiger partial charge is 0.418 e. The van der Waals surface area contributed by atoms with Gasteiger partial charge in [-0.25, -0.2) is 9.78 Å². The molecule has 0 fully saturated rings. The molecule has 0 radical (unpaired) electrons. The van der Waals surface area contributed by atoms with Crippen LogP contribution in [0, 0.1) is 6.92 Å². The summed E-state index contributed by atoms with van der Waals surface area (Å²) in [5.41, 5.74) is -3.89. The Hall–Kier alpha value is -4.03. The minimum Gasteiger partial charge on any atom is -0.439 e. The lowest BCUT2D eigenvalue weighted by Crippen LogP contribution is -2.48. The third kappa shape index (κ3) is 4.49. The predicted molar refractivity (Wildman–Crippen MR) is 133 cm³/mol. The van der Waals surface area contributed by atoms with E-state index in [2.05, 4.69) is 15.0 Å². The van der Waals surface area contributed by atoms with Crippen molar-refractivity contribution in [3.8, 4) is 22.1 Å². The fraction of sp³-hybridized carbons (Fsp3) is 0.200. The number of thiophene rings is 1. The lowest BCUT2D eigenvalue weighted by Gasteiger charge is -2.26. The topological polar surface area (TPSA) is 110 Å². The summed E-state index contributed by atoms with van der Waals surface area (Å²) in [6.45, 7) is 1.13. The number of hydrogen-bond donors (Lipinski definition) is 2. The van der Waals surface area contributed by atoms with Crippen LogP contribution in [0.3, 0.4) is 0 Å². The molecule has 0 aliphatic heterocycles. The van der Waals surface area contributed by atoms with Crippen molar-refractivity contribution < 1.29 is 23.0 Å². The first-order chi connectivity index (χ1) is 17.4. The van der Waals surface area contributed by atoms with Crippen molar-refractivity contribution in [2.45, 2.75) is 32.2 Å². The van der Waals surface area contributed by atoms with Gasteiger partial charge in [0.15, 0.2) is 5.60 Å². The number of aryl methyl sites for hydroxylation is 1. The van der Waals surface area contributed by atoms with E-state index < -0.39 is 29.6 Å². The Kier molecular flexibility index (Phi) is 5.88. The van der Waals surface area contributed by atoms with Crippen LogP contribution in [0.2, 0.25) is 0 Å². The molecular weight excluding hydrogens is 509 g/mol. The number of halogens is 3. The van der Waals surface area contributed by atoms with Crippen molar-refractivity contribution in [2.75, 3.05) is 0 Å². The highest BCUT2D eigenvalue weighted by atomic mass is 32.1. The van der Waals surface area contributed by atoms with E-state index in [9.17, 15) is 27.9 Å². The first-order valence-corrected chi connectivity index (χ1v) is 11.8. The highest BCUT2D eigenvalue weighted by Gasteiger charge is 2.50. The molecule has 0 saturated carbocycles. The van der Waals surface area contributed by atoms with Crippen molar-refractivity contribution in [2.24, 2.45) is 0 Å². The molecule has 0 saturated heterocycles. The van der Waals surface area contributed by atoms with Crippen LogP contribution in [0.4, 0.5) is 13.2 Å². The summed E-state index contributed by atoms with van der Waals surface area (Å²) in [6.07, 6.45) is -0.0487. The highest BCUT2D eigenvalue weighted by Crippen LogP contribution is 2.38. The van der Waals surface area contributed by atoms with Gasteiger partial charge in [0, 0.05) is 40.5 Å². The summed E-state index contributed by atoms with van der Waals surface area (Å²) >= 11 is 0.971. The summed E-state index contributed by atoms with van der Waals surface area (Å²) in [6, 6.07) is 10.7. The molecule has 0 spiro atoms. The maximum atomic E-state index is 13.3. The molecule has 0 aliphatic rings. The van der Waals surface area contributed by atoms with Crippen LogP contribution in [-0.4, -0.2) is 36.4 Å². The number of nitrogens with one attached hydrogen (secondary N) is 1. The molecule has 0 unspecified atom stereocenters. The molecule has 2 N–H and O–H groups in total. The molecule has 1 atom stereocenters. The van der Waals surface area contributed by atoms with Gasteiger partial charge in [0.1, 0.15) is 10.6 Å². The number of rotatable bonds is 5. The van der Waals surface area contributed by atoms with Crippen molar-refractivity contribution in [1.29, 1.82) is 0 Å². The molecule has 4 heterocycles. The van der Waals surface area contributed by atoms with Crippen LogP contribution in [0.15, 0.2) is 64.6 Å². The average Bonchev–Trinajstić information content (AvgIpc) is 3.19. The monoisotopic (exact) mass is 528 g/mol. The second-order valence-corrected chi connectivity index (χ2v) is 9.72. The third-order valence-corrected chi connectivity index (χ3v) is 7.34. The van der Waals surface area contributed by atoms with Gasteiger partial charge in [-0.1, -0.05) is 6.07 Å². The second-order valence-electron chi connectivity index (χ2n) is 8.73. The van der Waals surface area contributed by atoms with E-state index in [4.69, 9.17) is 4.74 Å². The number of alkyl halides is 3. The predicted octanol–water partition coefficient (Wildman–Crippen LogP) is 4.78. The van der Waals surface area contributed by atoms with Crippen LogP contribution >= 0.6 is 11.3 Å². The van der Waals surface area contributed by atoms with E-state index >= 15 is 0 Å². The van der Waals surface area contributed by atoms with Gasteiger partial charge in [-0.05, 0) is 49.1 Å². The minimum absolute atomic E-state index is 0.0240. The highest BCUT2D eigenvalue weighted by molar-refractivity contribution is 7.22. The van der Waals surface area contributed by atoms with Gasteiger partial charge >= 0.3 is 11.9 Å². The Labute approximate surface area is 210 Å². The van der Waals surface area contributed by atoms with E-state index in [0.717, 1.165) is 26.7 Å². The lowest BCUT2D eigenvalue weighted by molar-refractivity contribution is -0.257. The van der Waals surface area contributed by atoms with E-state index in [1.165, 1.54) is 6.20 Å². The molecule has 8 nitrogen and oxygen atoms in total. The Morgan fingerprint density at radius 2 is 1.89 bits per heavy atom. The molecule has 0 bridgehead atoms. The molecular formula is C25H19F3N4O4S. The Balaban J connectivity index is 1.51. The first-order valence-electron chi connectivity index (χ1n) is 11.0. The maximum Gasteiger partial charge on any atom is 0.418 e. The van der Waals surface area contributed by atoms with Crippen LogP contribution in [-0.2, 0) is 6.54 Å². The van der Waals surface area contributed by atoms with E-state index in [1.807, 2.05) is 18.2 Å². The van der Waals surface area contributed by atoms with Gasteiger partial charge in [-0.3, -0.25) is 19.3 Å². The maximum absolute atomic E-state index is 13.3. The number of ether oxygens (including phenoxy) is 1. The summed E-state index contributed by atoms with van der Waals surface area (Å²) in [5, 5.41) is 11.9. The zero-order valence-corrected chi connectivity index (χ0v) is 20.3. The SMILES string of the molecule is Cc1c(-c2ccc(Oc3ccc4ccncc4c3)nc2)sc2c1c(=O)[nH]c(=O)n2C[C@](C)(O)C(F)(F)F. The number of nitrogens with zero attached hydrogens (tertiary/aromatic N) is 3. The normalized spacial score (nSPS) is 13.7. The summed E-state index contributed by atoms with van der Waals surface area (Å²) in [4.78, 5) is 36.0.